The maximum atomic E-state index is 12.2. The van der Waals surface area contributed by atoms with Crippen molar-refractivity contribution >= 4 is 29.2 Å². The third kappa shape index (κ3) is 7.42. The highest BCUT2D eigenvalue weighted by Gasteiger charge is 2.19. The summed E-state index contributed by atoms with van der Waals surface area (Å²) in [4.78, 5) is 20.9. The van der Waals surface area contributed by atoms with Gasteiger partial charge in [-0.3, -0.25) is 4.79 Å². The first-order valence-electron chi connectivity index (χ1n) is 9.72. The summed E-state index contributed by atoms with van der Waals surface area (Å²) in [6.45, 7) is 11.6. The molecule has 0 aliphatic carbocycles. The van der Waals surface area contributed by atoms with E-state index in [9.17, 15) is 4.79 Å². The number of benzene rings is 1. The van der Waals surface area contributed by atoms with E-state index in [2.05, 4.69) is 46.7 Å². The molecule has 0 radical (unpaired) electrons. The summed E-state index contributed by atoms with van der Waals surface area (Å²) in [5.41, 5.74) is 1.56. The Labute approximate surface area is 177 Å². The van der Waals surface area contributed by atoms with Gasteiger partial charge in [0.15, 0.2) is 5.96 Å². The predicted octanol–water partition coefficient (Wildman–Crippen LogP) is 4.02. The van der Waals surface area contributed by atoms with E-state index in [1.54, 1.807) is 12.3 Å². The molecule has 8 heteroatoms. The molecule has 1 aromatic heterocycles. The van der Waals surface area contributed by atoms with E-state index in [1.165, 1.54) is 0 Å². The third-order valence-electron chi connectivity index (χ3n) is 4.05. The Morgan fingerprint density at radius 2 is 2.03 bits per heavy atom. The lowest BCUT2D eigenvalue weighted by atomic mass is 9.94. The smallest absolute Gasteiger partial charge is 0.226 e. The molecular formula is C21H30ClN5O2. The summed E-state index contributed by atoms with van der Waals surface area (Å²) in [6.07, 6.45) is 2.02. The number of carbonyl (C=O) groups is 1. The molecule has 7 nitrogen and oxygen atoms in total. The molecule has 158 valence electrons. The Morgan fingerprint density at radius 3 is 2.66 bits per heavy atom. The highest BCUT2D eigenvalue weighted by atomic mass is 35.5. The van der Waals surface area contributed by atoms with Crippen LogP contribution in [-0.2, 0) is 16.8 Å². The van der Waals surface area contributed by atoms with Crippen molar-refractivity contribution < 1.29 is 9.21 Å². The van der Waals surface area contributed by atoms with Gasteiger partial charge in [-0.15, -0.1) is 0 Å². The lowest BCUT2D eigenvalue weighted by Crippen LogP contribution is -2.38. The van der Waals surface area contributed by atoms with Crippen LogP contribution in [-0.4, -0.2) is 29.9 Å². The van der Waals surface area contributed by atoms with Gasteiger partial charge in [0.1, 0.15) is 12.3 Å². The van der Waals surface area contributed by atoms with Gasteiger partial charge in [-0.25, -0.2) is 9.98 Å². The number of aromatic nitrogens is 1. The molecule has 0 unspecified atom stereocenters. The van der Waals surface area contributed by atoms with E-state index in [4.69, 9.17) is 16.0 Å². The van der Waals surface area contributed by atoms with Gasteiger partial charge >= 0.3 is 0 Å². The number of anilines is 1. The Kier molecular flexibility index (Phi) is 8.08. The number of hydrogen-bond donors (Lipinski definition) is 3. The average Bonchev–Trinajstić information content (AvgIpc) is 3.11. The molecule has 0 aliphatic rings. The fourth-order valence-electron chi connectivity index (χ4n) is 2.45. The third-order valence-corrected chi connectivity index (χ3v) is 4.37. The van der Waals surface area contributed by atoms with Crippen LogP contribution >= 0.6 is 11.6 Å². The first-order chi connectivity index (χ1) is 13.7. The number of carbonyl (C=O) groups excluding carboxylic acids is 1. The number of aliphatic imine (C=N–C) groups is 1. The van der Waals surface area contributed by atoms with Crippen LogP contribution in [0.5, 0.6) is 0 Å². The first-order valence-corrected chi connectivity index (χ1v) is 10.1. The van der Waals surface area contributed by atoms with Gasteiger partial charge in [0, 0.05) is 24.9 Å². The lowest BCUT2D eigenvalue weighted by Gasteiger charge is -2.13. The van der Waals surface area contributed by atoms with Crippen LogP contribution in [0, 0.1) is 6.92 Å². The van der Waals surface area contributed by atoms with E-state index >= 15 is 0 Å². The average molecular weight is 420 g/mol. The van der Waals surface area contributed by atoms with Crippen LogP contribution in [0.25, 0.3) is 0 Å². The molecule has 3 N–H and O–H groups in total. The van der Waals surface area contributed by atoms with Gasteiger partial charge in [0.05, 0.1) is 16.9 Å². The van der Waals surface area contributed by atoms with Crippen molar-refractivity contribution in [1.29, 1.82) is 0 Å². The minimum absolute atomic E-state index is 0.0918. The minimum Gasteiger partial charge on any atom is -0.443 e. The maximum absolute atomic E-state index is 12.2. The van der Waals surface area contributed by atoms with E-state index in [1.807, 2.05) is 26.0 Å². The van der Waals surface area contributed by atoms with E-state index in [0.717, 1.165) is 11.3 Å². The second-order valence-electron chi connectivity index (χ2n) is 7.77. The molecule has 0 saturated heterocycles. The molecule has 0 atom stereocenters. The lowest BCUT2D eigenvalue weighted by molar-refractivity contribution is -0.116. The molecule has 1 aromatic carbocycles. The number of amides is 1. The number of hydrogen-bond acceptors (Lipinski definition) is 4. The van der Waals surface area contributed by atoms with Gasteiger partial charge in [0.2, 0.25) is 11.8 Å². The van der Waals surface area contributed by atoms with Gasteiger partial charge in [-0.1, -0.05) is 38.4 Å². The number of oxazole rings is 1. The van der Waals surface area contributed by atoms with Crippen LogP contribution < -0.4 is 16.0 Å². The predicted molar refractivity (Wildman–Crippen MR) is 117 cm³/mol. The minimum atomic E-state index is -0.123. The fraction of sp³-hybridized carbons (Fsp3) is 0.476. The van der Waals surface area contributed by atoms with Crippen LogP contribution in [0.15, 0.2) is 33.8 Å². The van der Waals surface area contributed by atoms with Gasteiger partial charge in [0.25, 0.3) is 0 Å². The van der Waals surface area contributed by atoms with Crippen molar-refractivity contribution in [2.24, 2.45) is 4.99 Å². The monoisotopic (exact) mass is 419 g/mol. The zero-order chi connectivity index (χ0) is 21.4. The molecule has 2 rings (SSSR count). The number of rotatable bonds is 7. The molecule has 1 amide bonds. The molecule has 2 aromatic rings. The van der Waals surface area contributed by atoms with Crippen LogP contribution in [0.2, 0.25) is 5.02 Å². The highest BCUT2D eigenvalue weighted by Crippen LogP contribution is 2.23. The maximum Gasteiger partial charge on any atom is 0.226 e. The van der Waals surface area contributed by atoms with Crippen molar-refractivity contribution in [1.82, 2.24) is 15.6 Å². The number of nitrogens with one attached hydrogen (secondary N) is 3. The molecule has 0 aliphatic heterocycles. The van der Waals surface area contributed by atoms with Crippen molar-refractivity contribution in [3.8, 4) is 0 Å². The van der Waals surface area contributed by atoms with Gasteiger partial charge in [-0.05, 0) is 31.5 Å². The summed E-state index contributed by atoms with van der Waals surface area (Å²) < 4.78 is 5.75. The number of halogens is 1. The topological polar surface area (TPSA) is 91.6 Å². The van der Waals surface area contributed by atoms with E-state index < -0.39 is 0 Å². The van der Waals surface area contributed by atoms with Crippen molar-refractivity contribution in [2.75, 3.05) is 18.4 Å². The Morgan fingerprint density at radius 1 is 1.28 bits per heavy atom. The van der Waals surface area contributed by atoms with E-state index in [-0.39, 0.29) is 17.7 Å². The van der Waals surface area contributed by atoms with Crippen molar-refractivity contribution in [3.63, 3.8) is 0 Å². The molecule has 0 saturated carbocycles. The molecule has 0 fully saturated rings. The highest BCUT2D eigenvalue weighted by molar-refractivity contribution is 6.33. The van der Waals surface area contributed by atoms with Crippen LogP contribution in [0.3, 0.4) is 0 Å². The second kappa shape index (κ2) is 10.3. The summed E-state index contributed by atoms with van der Waals surface area (Å²) in [7, 11) is 0. The summed E-state index contributed by atoms with van der Waals surface area (Å²) in [5.74, 6) is 1.86. The second-order valence-corrected chi connectivity index (χ2v) is 8.18. The Hall–Kier alpha value is -2.54. The van der Waals surface area contributed by atoms with Gasteiger partial charge < -0.3 is 20.4 Å². The quantitative estimate of drug-likeness (QED) is 0.465. The molecule has 0 spiro atoms. The molecule has 29 heavy (non-hydrogen) atoms. The summed E-state index contributed by atoms with van der Waals surface area (Å²) >= 11 is 6.15. The Balaban J connectivity index is 1.85. The number of nitrogens with zero attached hydrogens (tertiary/aromatic N) is 2. The standard InChI is InChI=1S/C21H30ClN5O2/c1-6-23-20(26-13-19-25-12-17(29-19)21(3,4)5)24-10-9-18(28)27-16-8-7-14(2)11-15(16)22/h7-8,11-12H,6,9-10,13H2,1-5H3,(H,27,28)(H2,23,24,26). The normalized spacial score (nSPS) is 12.0. The Bertz CT molecular complexity index is 855. The van der Waals surface area contributed by atoms with E-state index in [0.29, 0.717) is 42.2 Å². The zero-order valence-electron chi connectivity index (χ0n) is 17.7. The SMILES string of the molecule is CCNC(=NCc1ncc(C(C)(C)C)o1)NCCC(=O)Nc1ccc(C)cc1Cl. The molecule has 0 bridgehead atoms. The summed E-state index contributed by atoms with van der Waals surface area (Å²) in [5, 5.41) is 9.64. The van der Waals surface area contributed by atoms with Crippen molar-refractivity contribution in [3.05, 3.63) is 46.6 Å². The summed E-state index contributed by atoms with van der Waals surface area (Å²) in [6, 6.07) is 5.53. The largest absolute Gasteiger partial charge is 0.443 e. The van der Waals surface area contributed by atoms with Crippen molar-refractivity contribution in [2.45, 2.75) is 53.0 Å². The van der Waals surface area contributed by atoms with Crippen LogP contribution in [0.1, 0.15) is 51.3 Å². The fourth-order valence-corrected chi connectivity index (χ4v) is 2.73. The number of aryl methyl sites for hydroxylation is 1. The first kappa shape index (κ1) is 22.7. The molecular weight excluding hydrogens is 390 g/mol. The zero-order valence-corrected chi connectivity index (χ0v) is 18.5. The molecule has 1 heterocycles. The van der Waals surface area contributed by atoms with Crippen LogP contribution in [0.4, 0.5) is 5.69 Å². The number of guanidine groups is 1. The van der Waals surface area contributed by atoms with Gasteiger partial charge in [-0.2, -0.15) is 0 Å².